The molecule has 4 aliphatic rings. The van der Waals surface area contributed by atoms with E-state index in [-0.39, 0.29) is 24.3 Å². The first-order valence-corrected chi connectivity index (χ1v) is 9.29. The van der Waals surface area contributed by atoms with Crippen LogP contribution in [0.5, 0.6) is 0 Å². The van der Waals surface area contributed by atoms with Crippen LogP contribution in [0.2, 0.25) is 0 Å². The molecule has 0 aromatic heterocycles. The van der Waals surface area contributed by atoms with Crippen molar-refractivity contribution in [2.45, 2.75) is 57.9 Å². The molecule has 0 radical (unpaired) electrons. The largest absolute Gasteiger partial charge is 0.480 e. The summed E-state index contributed by atoms with van der Waals surface area (Å²) in [5.74, 6) is 0.200. The molecule has 4 rings (SSSR count). The summed E-state index contributed by atoms with van der Waals surface area (Å²) < 4.78 is 4.77. The molecule has 25 heavy (non-hydrogen) atoms. The van der Waals surface area contributed by atoms with E-state index in [1.54, 1.807) is 6.92 Å². The number of hydrogen-bond acceptors (Lipinski definition) is 4. The number of aliphatic carboxylic acids is 1. The van der Waals surface area contributed by atoms with Crippen LogP contribution in [0.15, 0.2) is 12.2 Å². The average molecular weight is 349 g/mol. The third kappa shape index (κ3) is 3.88. The van der Waals surface area contributed by atoms with Crippen LogP contribution in [-0.4, -0.2) is 35.6 Å². The monoisotopic (exact) mass is 349 g/mol. The number of carbonyl (C=O) groups excluding carboxylic acids is 2. The van der Waals surface area contributed by atoms with Crippen LogP contribution >= 0.6 is 0 Å². The number of carbonyl (C=O) groups is 3. The summed E-state index contributed by atoms with van der Waals surface area (Å²) >= 11 is 0. The Morgan fingerprint density at radius 3 is 2.20 bits per heavy atom. The van der Waals surface area contributed by atoms with Gasteiger partial charge in [-0.15, -0.1) is 0 Å². The first-order valence-electron chi connectivity index (χ1n) is 9.29. The molecule has 6 nitrogen and oxygen atoms in total. The van der Waals surface area contributed by atoms with Crippen molar-refractivity contribution in [3.05, 3.63) is 12.2 Å². The second-order valence-electron chi connectivity index (χ2n) is 7.95. The number of nitrogens with one attached hydrogen (secondary N) is 1. The summed E-state index contributed by atoms with van der Waals surface area (Å²) in [5.41, 5.74) is -0.368. The number of rotatable bonds is 7. The van der Waals surface area contributed by atoms with Gasteiger partial charge in [0.05, 0.1) is 6.61 Å². The fraction of sp³-hybridized carbons (Fsp3) is 0.737. The van der Waals surface area contributed by atoms with Gasteiger partial charge in [-0.2, -0.15) is 0 Å². The van der Waals surface area contributed by atoms with E-state index in [1.165, 1.54) is 31.4 Å². The fourth-order valence-electron chi connectivity index (χ4n) is 5.41. The molecular formula is C19H27NO5. The van der Waals surface area contributed by atoms with E-state index in [2.05, 4.69) is 5.32 Å². The number of amides is 1. The normalized spacial score (nSPS) is 34.0. The molecule has 0 aliphatic heterocycles. The van der Waals surface area contributed by atoms with Crippen molar-refractivity contribution in [2.75, 3.05) is 6.61 Å². The molecule has 0 unspecified atom stereocenters. The average Bonchev–Trinajstić information content (AvgIpc) is 2.52. The van der Waals surface area contributed by atoms with Crippen LogP contribution in [0.1, 0.15) is 51.9 Å². The first-order chi connectivity index (χ1) is 11.9. The summed E-state index contributed by atoms with van der Waals surface area (Å²) in [7, 11) is 0. The van der Waals surface area contributed by atoms with Crippen molar-refractivity contribution in [1.82, 2.24) is 5.32 Å². The quantitative estimate of drug-likeness (QED) is 0.543. The molecule has 0 aromatic rings. The van der Waals surface area contributed by atoms with Crippen molar-refractivity contribution in [1.29, 1.82) is 0 Å². The van der Waals surface area contributed by atoms with Gasteiger partial charge in [0.1, 0.15) is 6.04 Å². The summed E-state index contributed by atoms with van der Waals surface area (Å²) in [5, 5.41) is 12.1. The maximum absolute atomic E-state index is 12.9. The first kappa shape index (κ1) is 18.0. The molecule has 2 N–H and O–H groups in total. The highest BCUT2D eigenvalue weighted by atomic mass is 16.5. The lowest BCUT2D eigenvalue weighted by Crippen LogP contribution is -2.56. The highest BCUT2D eigenvalue weighted by Gasteiger charge is 2.54. The van der Waals surface area contributed by atoms with Crippen molar-refractivity contribution in [3.63, 3.8) is 0 Å². The molecule has 4 aliphatic carbocycles. The van der Waals surface area contributed by atoms with Crippen LogP contribution < -0.4 is 5.32 Å². The maximum atomic E-state index is 12.9. The Hall–Kier alpha value is -1.85. The molecule has 4 bridgehead atoms. The Labute approximate surface area is 148 Å². The van der Waals surface area contributed by atoms with E-state index in [1.807, 2.05) is 0 Å². The molecule has 1 amide bonds. The van der Waals surface area contributed by atoms with Crippen molar-refractivity contribution < 1.29 is 24.2 Å². The lowest BCUT2D eigenvalue weighted by molar-refractivity contribution is -0.151. The summed E-state index contributed by atoms with van der Waals surface area (Å²) in [6.45, 7) is 1.98. The van der Waals surface area contributed by atoms with Gasteiger partial charge < -0.3 is 15.2 Å². The zero-order valence-electron chi connectivity index (χ0n) is 14.7. The highest BCUT2D eigenvalue weighted by Crippen LogP contribution is 2.60. The molecular weight excluding hydrogens is 322 g/mol. The standard InChI is InChI=1S/C19H27NO5/c1-2-25-16(21)5-3-4-15(17(22)23)20-18(24)19-9-12-6-13(10-19)8-14(7-12)11-19/h3,5,12-15H,2,4,6-11H2,1H3,(H,20,24)(H,22,23)/b5-3+/t12?,13?,14?,15-,19?/m1/s1. The van der Waals surface area contributed by atoms with Gasteiger partial charge in [0.25, 0.3) is 0 Å². The number of carboxylic acid groups (broad SMARTS) is 1. The Bertz CT molecular complexity index is 547. The van der Waals surface area contributed by atoms with E-state index in [4.69, 9.17) is 4.74 Å². The van der Waals surface area contributed by atoms with Gasteiger partial charge in [-0.05, 0) is 69.6 Å². The minimum Gasteiger partial charge on any atom is -0.480 e. The van der Waals surface area contributed by atoms with Crippen molar-refractivity contribution >= 4 is 17.8 Å². The molecule has 0 spiro atoms. The Kier molecular flexibility index (Phi) is 5.16. The minimum atomic E-state index is -1.08. The van der Waals surface area contributed by atoms with Crippen LogP contribution in [0.3, 0.4) is 0 Å². The van der Waals surface area contributed by atoms with Gasteiger partial charge in [-0.3, -0.25) is 4.79 Å². The smallest absolute Gasteiger partial charge is 0.330 e. The van der Waals surface area contributed by atoms with E-state index >= 15 is 0 Å². The maximum Gasteiger partial charge on any atom is 0.330 e. The fourth-order valence-corrected chi connectivity index (χ4v) is 5.41. The minimum absolute atomic E-state index is 0.0756. The van der Waals surface area contributed by atoms with Crippen LogP contribution in [-0.2, 0) is 19.1 Å². The predicted molar refractivity (Wildman–Crippen MR) is 90.6 cm³/mol. The summed E-state index contributed by atoms with van der Waals surface area (Å²) in [4.78, 5) is 35.7. The molecule has 4 fully saturated rings. The Balaban J connectivity index is 1.61. The van der Waals surface area contributed by atoms with E-state index < -0.39 is 18.0 Å². The molecule has 0 heterocycles. The Morgan fingerprint density at radius 1 is 1.16 bits per heavy atom. The second kappa shape index (κ2) is 7.18. The highest BCUT2D eigenvalue weighted by molar-refractivity contribution is 5.88. The third-order valence-electron chi connectivity index (χ3n) is 6.04. The van der Waals surface area contributed by atoms with Crippen LogP contribution in [0, 0.1) is 23.2 Å². The molecule has 6 heteroatoms. The van der Waals surface area contributed by atoms with Crippen LogP contribution in [0.25, 0.3) is 0 Å². The topological polar surface area (TPSA) is 92.7 Å². The summed E-state index contributed by atoms with van der Waals surface area (Å²) in [6.07, 6.45) is 9.15. The van der Waals surface area contributed by atoms with Gasteiger partial charge >= 0.3 is 11.9 Å². The zero-order valence-corrected chi connectivity index (χ0v) is 14.7. The lowest BCUT2D eigenvalue weighted by Gasteiger charge is -2.55. The van der Waals surface area contributed by atoms with Crippen LogP contribution in [0.4, 0.5) is 0 Å². The van der Waals surface area contributed by atoms with Gasteiger partial charge in [-0.1, -0.05) is 6.08 Å². The van der Waals surface area contributed by atoms with Gasteiger partial charge in [-0.25, -0.2) is 9.59 Å². The van der Waals surface area contributed by atoms with E-state index in [0.29, 0.717) is 17.8 Å². The van der Waals surface area contributed by atoms with E-state index in [9.17, 15) is 19.5 Å². The third-order valence-corrected chi connectivity index (χ3v) is 6.04. The molecule has 0 aromatic carbocycles. The Morgan fingerprint density at radius 2 is 1.72 bits per heavy atom. The van der Waals surface area contributed by atoms with Crippen molar-refractivity contribution in [2.24, 2.45) is 23.2 Å². The predicted octanol–water partition coefficient (Wildman–Crippen LogP) is 2.28. The SMILES string of the molecule is CCOC(=O)/C=C/C[C@@H](NC(=O)C12CC3CC(CC(C3)C1)C2)C(=O)O. The molecule has 138 valence electrons. The number of ether oxygens (including phenoxy) is 1. The second-order valence-corrected chi connectivity index (χ2v) is 7.95. The number of hydrogen-bond donors (Lipinski definition) is 2. The zero-order chi connectivity index (χ0) is 18.0. The van der Waals surface area contributed by atoms with Gasteiger partial charge in [0.2, 0.25) is 5.91 Å². The molecule has 0 saturated heterocycles. The van der Waals surface area contributed by atoms with Gasteiger partial charge in [0.15, 0.2) is 0 Å². The number of esters is 1. The van der Waals surface area contributed by atoms with E-state index in [0.717, 1.165) is 19.3 Å². The lowest BCUT2D eigenvalue weighted by atomic mass is 9.49. The molecule has 1 atom stereocenters. The summed E-state index contributed by atoms with van der Waals surface area (Å²) in [6, 6.07) is -1.01. The molecule has 4 saturated carbocycles. The number of carboxylic acids is 1. The van der Waals surface area contributed by atoms with Gasteiger partial charge in [0, 0.05) is 11.5 Å². The van der Waals surface area contributed by atoms with Crippen molar-refractivity contribution in [3.8, 4) is 0 Å².